The van der Waals surface area contributed by atoms with Crippen molar-refractivity contribution in [2.75, 3.05) is 20.7 Å². The van der Waals surface area contributed by atoms with Gasteiger partial charge in [0.25, 0.3) is 0 Å². The Hall–Kier alpha value is -2.36. The molecule has 0 atom stereocenters. The Bertz CT molecular complexity index is 1010. The summed E-state index contributed by atoms with van der Waals surface area (Å²) in [6.45, 7) is -0.734. The number of carbonyl (C=O) groups excluding carboxylic acids is 2. The van der Waals surface area contributed by atoms with E-state index in [0.29, 0.717) is 6.07 Å². The quantitative estimate of drug-likeness (QED) is 0.533. The van der Waals surface area contributed by atoms with Crippen LogP contribution >= 0.6 is 11.6 Å². The maximum Gasteiger partial charge on any atom is 0.338 e. The Kier molecular flexibility index (Phi) is 6.30. The van der Waals surface area contributed by atoms with E-state index < -0.39 is 40.0 Å². The summed E-state index contributed by atoms with van der Waals surface area (Å²) < 4.78 is 56.2. The molecule has 0 bridgehead atoms. The third-order valence-corrected chi connectivity index (χ3v) is 5.80. The van der Waals surface area contributed by atoms with Gasteiger partial charge in [-0.1, -0.05) is 11.6 Å². The zero-order valence-electron chi connectivity index (χ0n) is 14.2. The first-order valence-electron chi connectivity index (χ1n) is 7.41. The average molecular weight is 418 g/mol. The van der Waals surface area contributed by atoms with Gasteiger partial charge >= 0.3 is 5.97 Å². The summed E-state index contributed by atoms with van der Waals surface area (Å²) in [6, 6.07) is 6.01. The zero-order chi connectivity index (χ0) is 20.4. The van der Waals surface area contributed by atoms with Crippen LogP contribution in [0, 0.1) is 11.6 Å². The molecule has 27 heavy (non-hydrogen) atoms. The van der Waals surface area contributed by atoms with Crippen molar-refractivity contribution in [2.24, 2.45) is 0 Å². The molecular weight excluding hydrogens is 404 g/mol. The van der Waals surface area contributed by atoms with E-state index in [1.54, 1.807) is 0 Å². The van der Waals surface area contributed by atoms with Crippen molar-refractivity contribution in [1.82, 2.24) is 4.31 Å². The number of sulfonamides is 1. The van der Waals surface area contributed by atoms with E-state index in [0.717, 1.165) is 22.5 Å². The minimum absolute atomic E-state index is 0.0851. The highest BCUT2D eigenvalue weighted by atomic mass is 35.5. The number of hydrogen-bond acceptors (Lipinski definition) is 5. The van der Waals surface area contributed by atoms with Gasteiger partial charge in [-0.25, -0.2) is 26.3 Å². The highest BCUT2D eigenvalue weighted by molar-refractivity contribution is 7.89. The minimum Gasteiger partial charge on any atom is -0.454 e. The van der Waals surface area contributed by atoms with Crippen molar-refractivity contribution in [1.29, 1.82) is 0 Å². The van der Waals surface area contributed by atoms with Crippen LogP contribution in [0.2, 0.25) is 5.02 Å². The van der Waals surface area contributed by atoms with Crippen LogP contribution in [-0.2, 0) is 14.8 Å². The Morgan fingerprint density at radius 2 is 1.67 bits per heavy atom. The molecule has 0 aromatic heterocycles. The number of ether oxygens (including phenoxy) is 1. The van der Waals surface area contributed by atoms with Gasteiger partial charge in [-0.05, 0) is 36.4 Å². The number of halogens is 3. The molecule has 0 unspecified atom stereocenters. The van der Waals surface area contributed by atoms with Crippen molar-refractivity contribution in [3.05, 3.63) is 64.2 Å². The summed E-state index contributed by atoms with van der Waals surface area (Å²) in [5.74, 6) is -4.04. The van der Waals surface area contributed by atoms with Gasteiger partial charge in [-0.15, -0.1) is 0 Å². The Morgan fingerprint density at radius 3 is 2.26 bits per heavy atom. The second kappa shape index (κ2) is 8.12. The van der Waals surface area contributed by atoms with Crippen LogP contribution in [0.15, 0.2) is 41.3 Å². The van der Waals surface area contributed by atoms with Crippen molar-refractivity contribution >= 4 is 33.4 Å². The van der Waals surface area contributed by atoms with Crippen molar-refractivity contribution < 1.29 is 31.5 Å². The lowest BCUT2D eigenvalue weighted by atomic mass is 10.1. The van der Waals surface area contributed by atoms with Gasteiger partial charge < -0.3 is 4.74 Å². The first-order valence-corrected chi connectivity index (χ1v) is 9.23. The minimum atomic E-state index is -3.90. The average Bonchev–Trinajstić information content (AvgIpc) is 2.61. The lowest BCUT2D eigenvalue weighted by molar-refractivity contribution is 0.0474. The lowest BCUT2D eigenvalue weighted by Crippen LogP contribution is -2.23. The molecule has 0 radical (unpaired) electrons. The molecule has 2 aromatic rings. The SMILES string of the molecule is CN(C)S(=O)(=O)c1cc(C(=O)OCC(=O)c2ccc(F)c(F)c2)ccc1Cl. The molecule has 0 fully saturated rings. The van der Waals surface area contributed by atoms with Gasteiger partial charge in [0, 0.05) is 19.7 Å². The molecule has 2 rings (SSSR count). The van der Waals surface area contributed by atoms with Gasteiger partial charge in [0.15, 0.2) is 24.0 Å². The molecule has 0 aliphatic rings. The van der Waals surface area contributed by atoms with Crippen LogP contribution in [0.25, 0.3) is 0 Å². The number of Topliss-reactive ketones (excluding diaryl/α,β-unsaturated/α-hetero) is 1. The van der Waals surface area contributed by atoms with Gasteiger partial charge in [0.2, 0.25) is 10.0 Å². The molecule has 0 spiro atoms. The fraction of sp³-hybridized carbons (Fsp3) is 0.176. The monoisotopic (exact) mass is 417 g/mol. The Morgan fingerprint density at radius 1 is 1.04 bits per heavy atom. The van der Waals surface area contributed by atoms with Crippen molar-refractivity contribution in [2.45, 2.75) is 4.90 Å². The Balaban J connectivity index is 2.17. The van der Waals surface area contributed by atoms with Gasteiger partial charge in [0.1, 0.15) is 4.90 Å². The van der Waals surface area contributed by atoms with E-state index in [-0.39, 0.29) is 21.0 Å². The van der Waals surface area contributed by atoms with Crippen LogP contribution in [0.3, 0.4) is 0 Å². The fourth-order valence-corrected chi connectivity index (χ4v) is 3.39. The number of ketones is 1. The second-order valence-electron chi connectivity index (χ2n) is 5.56. The summed E-state index contributed by atoms with van der Waals surface area (Å²) in [7, 11) is -1.29. The number of esters is 1. The van der Waals surface area contributed by atoms with Gasteiger partial charge in [0.05, 0.1) is 10.6 Å². The summed E-state index contributed by atoms with van der Waals surface area (Å²) >= 11 is 5.89. The third-order valence-electron chi connectivity index (χ3n) is 3.50. The molecule has 6 nitrogen and oxygen atoms in total. The summed E-state index contributed by atoms with van der Waals surface area (Å²) in [6.07, 6.45) is 0. The maximum absolute atomic E-state index is 13.2. The van der Waals surface area contributed by atoms with E-state index in [9.17, 15) is 26.8 Å². The predicted octanol–water partition coefficient (Wildman–Crippen LogP) is 2.91. The second-order valence-corrected chi connectivity index (χ2v) is 8.09. The van der Waals surface area contributed by atoms with Crippen LogP contribution in [-0.4, -0.2) is 45.2 Å². The van der Waals surface area contributed by atoms with E-state index in [4.69, 9.17) is 16.3 Å². The van der Waals surface area contributed by atoms with Crippen LogP contribution in [0.4, 0.5) is 8.78 Å². The third kappa shape index (κ3) is 4.68. The lowest BCUT2D eigenvalue weighted by Gasteiger charge is -2.13. The molecular formula is C17H14ClF2NO5S. The summed E-state index contributed by atoms with van der Waals surface area (Å²) in [5, 5.41) is -0.0851. The first-order chi connectivity index (χ1) is 12.5. The number of nitrogens with zero attached hydrogens (tertiary/aromatic N) is 1. The molecule has 0 aliphatic carbocycles. The Labute approximate surface area is 159 Å². The molecule has 0 heterocycles. The van der Waals surface area contributed by atoms with Crippen LogP contribution in [0.5, 0.6) is 0 Å². The molecule has 0 aliphatic heterocycles. The fourth-order valence-electron chi connectivity index (χ4n) is 1.99. The molecule has 0 saturated heterocycles. The highest BCUT2D eigenvalue weighted by Gasteiger charge is 2.23. The molecule has 0 N–H and O–H groups in total. The van der Waals surface area contributed by atoms with E-state index in [1.807, 2.05) is 0 Å². The van der Waals surface area contributed by atoms with E-state index in [2.05, 4.69) is 0 Å². The summed E-state index contributed by atoms with van der Waals surface area (Å²) in [5.41, 5.74) is -0.313. The number of benzene rings is 2. The standard InChI is InChI=1S/C17H14ClF2NO5S/c1-21(2)27(24,25)16-8-11(3-5-12(16)18)17(23)26-9-15(22)10-4-6-13(19)14(20)7-10/h3-8H,9H2,1-2H3. The van der Waals surface area contributed by atoms with Gasteiger partial charge in [-0.3, -0.25) is 4.79 Å². The summed E-state index contributed by atoms with van der Waals surface area (Å²) in [4.78, 5) is 23.7. The highest BCUT2D eigenvalue weighted by Crippen LogP contribution is 2.25. The predicted molar refractivity (Wildman–Crippen MR) is 93.3 cm³/mol. The van der Waals surface area contributed by atoms with Gasteiger partial charge in [-0.2, -0.15) is 0 Å². The molecule has 2 aromatic carbocycles. The maximum atomic E-state index is 13.2. The largest absolute Gasteiger partial charge is 0.454 e. The molecule has 0 saturated carbocycles. The van der Waals surface area contributed by atoms with Crippen LogP contribution < -0.4 is 0 Å². The topological polar surface area (TPSA) is 80.8 Å². The van der Waals surface area contributed by atoms with E-state index >= 15 is 0 Å². The number of rotatable bonds is 6. The van der Waals surface area contributed by atoms with Crippen molar-refractivity contribution in [3.63, 3.8) is 0 Å². The van der Waals surface area contributed by atoms with Crippen molar-refractivity contribution in [3.8, 4) is 0 Å². The van der Waals surface area contributed by atoms with Crippen LogP contribution in [0.1, 0.15) is 20.7 Å². The number of hydrogen-bond donors (Lipinski definition) is 0. The molecule has 10 heteroatoms. The van der Waals surface area contributed by atoms with E-state index in [1.165, 1.54) is 26.2 Å². The zero-order valence-corrected chi connectivity index (χ0v) is 15.8. The number of carbonyl (C=O) groups is 2. The molecule has 0 amide bonds. The smallest absolute Gasteiger partial charge is 0.338 e. The first kappa shape index (κ1) is 20.9. The molecule has 144 valence electrons. The normalized spacial score (nSPS) is 11.5.